The molecule has 0 aromatic carbocycles. The summed E-state index contributed by atoms with van der Waals surface area (Å²) in [6.07, 6.45) is 2.37. The van der Waals surface area contributed by atoms with Crippen LogP contribution in [0.25, 0.3) is 0 Å². The molecule has 0 amide bonds. The van der Waals surface area contributed by atoms with Crippen molar-refractivity contribution in [2.45, 2.75) is 54.0 Å². The van der Waals surface area contributed by atoms with Crippen molar-refractivity contribution in [1.29, 1.82) is 0 Å². The molecule has 22 heavy (non-hydrogen) atoms. The molecular weight excluding hydrogens is 389 g/mol. The van der Waals surface area contributed by atoms with Crippen molar-refractivity contribution in [1.82, 2.24) is 20.4 Å². The van der Waals surface area contributed by atoms with Crippen molar-refractivity contribution >= 4 is 29.9 Å². The first-order valence-corrected chi connectivity index (χ1v) is 8.10. The minimum Gasteiger partial charge on any atom is -0.357 e. The summed E-state index contributed by atoms with van der Waals surface area (Å²) in [6, 6.07) is 2.12. The summed E-state index contributed by atoms with van der Waals surface area (Å²) >= 11 is 0. The van der Waals surface area contributed by atoms with E-state index in [4.69, 9.17) is 0 Å². The summed E-state index contributed by atoms with van der Waals surface area (Å²) < 4.78 is 2.08. The quantitative estimate of drug-likeness (QED) is 0.294. The van der Waals surface area contributed by atoms with Crippen LogP contribution in [0.5, 0.6) is 0 Å². The summed E-state index contributed by atoms with van der Waals surface area (Å²) in [4.78, 5) is 4.67. The molecule has 0 fully saturated rings. The fourth-order valence-electron chi connectivity index (χ4n) is 2.19. The van der Waals surface area contributed by atoms with Crippen molar-refractivity contribution in [3.8, 4) is 0 Å². The maximum absolute atomic E-state index is 4.67. The van der Waals surface area contributed by atoms with E-state index in [0.717, 1.165) is 37.8 Å². The van der Waals surface area contributed by atoms with Crippen LogP contribution in [0.15, 0.2) is 11.1 Å². The Morgan fingerprint density at radius 3 is 2.59 bits per heavy atom. The van der Waals surface area contributed by atoms with Crippen LogP contribution >= 0.6 is 24.0 Å². The average molecular weight is 421 g/mol. The number of aryl methyl sites for hydroxylation is 2. The van der Waals surface area contributed by atoms with Crippen molar-refractivity contribution < 1.29 is 0 Å². The van der Waals surface area contributed by atoms with Gasteiger partial charge in [0.1, 0.15) is 0 Å². The lowest BCUT2D eigenvalue weighted by atomic mass is 10.2. The molecule has 0 saturated heterocycles. The molecule has 0 aliphatic rings. The van der Waals surface area contributed by atoms with Crippen LogP contribution in [0.2, 0.25) is 0 Å². The van der Waals surface area contributed by atoms with E-state index < -0.39 is 0 Å². The Hall–Kier alpha value is -0.790. The van der Waals surface area contributed by atoms with Gasteiger partial charge in [-0.25, -0.2) is 0 Å². The van der Waals surface area contributed by atoms with E-state index in [9.17, 15) is 0 Å². The molecule has 0 aliphatic heterocycles. The third kappa shape index (κ3) is 8.00. The molecular formula is C16H32IN5. The molecule has 1 aromatic rings. The largest absolute Gasteiger partial charge is 0.357 e. The predicted octanol–water partition coefficient (Wildman–Crippen LogP) is 3.11. The zero-order valence-corrected chi connectivity index (χ0v) is 17.0. The van der Waals surface area contributed by atoms with Crippen molar-refractivity contribution in [2.24, 2.45) is 10.9 Å². The highest BCUT2D eigenvalue weighted by Gasteiger charge is 2.07. The zero-order chi connectivity index (χ0) is 15.7. The Labute approximate surface area is 152 Å². The molecule has 1 unspecified atom stereocenters. The minimum atomic E-state index is 0. The summed E-state index contributed by atoms with van der Waals surface area (Å²) in [7, 11) is 0. The van der Waals surface area contributed by atoms with E-state index in [-0.39, 0.29) is 24.0 Å². The maximum Gasteiger partial charge on any atom is 0.191 e. The van der Waals surface area contributed by atoms with Crippen LogP contribution in [0, 0.1) is 19.8 Å². The third-order valence-electron chi connectivity index (χ3n) is 3.32. The topological polar surface area (TPSA) is 54.2 Å². The van der Waals surface area contributed by atoms with Crippen LogP contribution < -0.4 is 10.6 Å². The second-order valence-electron chi connectivity index (χ2n) is 5.71. The first-order valence-electron chi connectivity index (χ1n) is 8.10. The van der Waals surface area contributed by atoms with E-state index in [2.05, 4.69) is 59.2 Å². The Bertz CT molecular complexity index is 442. The molecule has 5 nitrogen and oxygen atoms in total. The van der Waals surface area contributed by atoms with Gasteiger partial charge in [-0.05, 0) is 39.2 Å². The first kappa shape index (κ1) is 21.2. The van der Waals surface area contributed by atoms with Crippen LogP contribution in [0.4, 0.5) is 0 Å². The summed E-state index contributed by atoms with van der Waals surface area (Å²) in [6.45, 7) is 14.2. The third-order valence-corrected chi connectivity index (χ3v) is 3.32. The van der Waals surface area contributed by atoms with Gasteiger partial charge >= 0.3 is 0 Å². The lowest BCUT2D eigenvalue weighted by molar-refractivity contribution is 0.449. The number of nitrogens with zero attached hydrogens (tertiary/aromatic N) is 3. The van der Waals surface area contributed by atoms with Crippen LogP contribution in [-0.4, -0.2) is 35.4 Å². The number of halogens is 1. The van der Waals surface area contributed by atoms with Crippen LogP contribution in [0.1, 0.15) is 45.0 Å². The molecule has 128 valence electrons. The van der Waals surface area contributed by atoms with E-state index in [1.54, 1.807) is 0 Å². The molecule has 1 aromatic heterocycles. The van der Waals surface area contributed by atoms with Crippen molar-refractivity contribution in [2.75, 3.05) is 19.6 Å². The van der Waals surface area contributed by atoms with Gasteiger partial charge in [-0.3, -0.25) is 9.67 Å². The lowest BCUT2D eigenvalue weighted by Gasteiger charge is -2.14. The highest BCUT2D eigenvalue weighted by atomic mass is 127. The molecule has 0 radical (unpaired) electrons. The summed E-state index contributed by atoms with van der Waals surface area (Å²) in [5, 5.41) is 11.2. The number of unbranched alkanes of at least 4 members (excludes halogenated alkanes) is 1. The second kappa shape index (κ2) is 11.7. The van der Waals surface area contributed by atoms with Gasteiger partial charge in [0.15, 0.2) is 5.96 Å². The van der Waals surface area contributed by atoms with E-state index in [0.29, 0.717) is 5.92 Å². The SMILES string of the molecule is CCCCNC(=NCC(C)Cn1nc(C)cc1C)NCC.I. The van der Waals surface area contributed by atoms with E-state index >= 15 is 0 Å². The van der Waals surface area contributed by atoms with Crippen molar-refractivity contribution in [3.63, 3.8) is 0 Å². The first-order chi connectivity index (χ1) is 10.1. The van der Waals surface area contributed by atoms with Crippen molar-refractivity contribution in [3.05, 3.63) is 17.5 Å². The molecule has 0 spiro atoms. The zero-order valence-electron chi connectivity index (χ0n) is 14.6. The molecule has 0 aliphatic carbocycles. The van der Waals surface area contributed by atoms with E-state index in [1.807, 2.05) is 6.92 Å². The highest BCUT2D eigenvalue weighted by molar-refractivity contribution is 14.0. The van der Waals surface area contributed by atoms with Gasteiger partial charge < -0.3 is 10.6 Å². The van der Waals surface area contributed by atoms with Gasteiger partial charge in [0, 0.05) is 31.9 Å². The van der Waals surface area contributed by atoms with Gasteiger partial charge in [0.2, 0.25) is 0 Å². The second-order valence-corrected chi connectivity index (χ2v) is 5.71. The molecule has 2 N–H and O–H groups in total. The van der Waals surface area contributed by atoms with Crippen LogP contribution in [0.3, 0.4) is 0 Å². The number of hydrogen-bond acceptors (Lipinski definition) is 2. The Morgan fingerprint density at radius 1 is 1.32 bits per heavy atom. The number of aromatic nitrogens is 2. The number of guanidine groups is 1. The maximum atomic E-state index is 4.67. The molecule has 0 bridgehead atoms. The molecule has 0 saturated carbocycles. The van der Waals surface area contributed by atoms with Gasteiger partial charge in [-0.1, -0.05) is 20.3 Å². The monoisotopic (exact) mass is 421 g/mol. The Kier molecular flexibility index (Phi) is 11.3. The van der Waals surface area contributed by atoms with Gasteiger partial charge in [0.05, 0.1) is 5.69 Å². The van der Waals surface area contributed by atoms with Gasteiger partial charge in [-0.2, -0.15) is 5.10 Å². The minimum absolute atomic E-state index is 0. The number of hydrogen-bond donors (Lipinski definition) is 2. The number of rotatable bonds is 8. The fourth-order valence-corrected chi connectivity index (χ4v) is 2.19. The average Bonchev–Trinajstić information content (AvgIpc) is 2.74. The normalized spacial score (nSPS) is 12.7. The Morgan fingerprint density at radius 2 is 2.05 bits per heavy atom. The number of nitrogens with one attached hydrogen (secondary N) is 2. The number of aliphatic imine (C=N–C) groups is 1. The van der Waals surface area contributed by atoms with Gasteiger partial charge in [-0.15, -0.1) is 24.0 Å². The van der Waals surface area contributed by atoms with Gasteiger partial charge in [0.25, 0.3) is 0 Å². The predicted molar refractivity (Wildman–Crippen MR) is 105 cm³/mol. The highest BCUT2D eigenvalue weighted by Crippen LogP contribution is 2.06. The molecule has 1 heterocycles. The fraction of sp³-hybridized carbons (Fsp3) is 0.750. The van der Waals surface area contributed by atoms with Crippen LogP contribution in [-0.2, 0) is 6.54 Å². The Balaban J connectivity index is 0.00000441. The lowest BCUT2D eigenvalue weighted by Crippen LogP contribution is -2.38. The standard InChI is InChI=1S/C16H31N5.HI/c1-6-8-9-18-16(17-7-2)19-11-13(3)12-21-15(5)10-14(4)20-21;/h10,13H,6-9,11-12H2,1-5H3,(H2,17,18,19);1H. The smallest absolute Gasteiger partial charge is 0.191 e. The molecule has 1 atom stereocenters. The summed E-state index contributed by atoms with van der Waals surface area (Å²) in [5.41, 5.74) is 2.30. The molecule has 1 rings (SSSR count). The molecule has 6 heteroatoms. The van der Waals surface area contributed by atoms with E-state index in [1.165, 1.54) is 18.5 Å². The summed E-state index contributed by atoms with van der Waals surface area (Å²) in [5.74, 6) is 1.38.